The molecule has 4 nitrogen and oxygen atoms in total. The van der Waals surface area contributed by atoms with E-state index in [0.717, 1.165) is 24.4 Å². The normalized spacial score (nSPS) is 28.2. The summed E-state index contributed by atoms with van der Waals surface area (Å²) in [7, 11) is 1.92. The first-order valence-corrected chi connectivity index (χ1v) is 5.34. The van der Waals surface area contributed by atoms with Crippen LogP contribution in [0, 0.1) is 0 Å². The number of hydrogen-bond acceptors (Lipinski definition) is 4. The van der Waals surface area contributed by atoms with Gasteiger partial charge in [-0.2, -0.15) is 0 Å². The Hall–Kier alpha value is -0.550. The van der Waals surface area contributed by atoms with Gasteiger partial charge in [0.1, 0.15) is 6.33 Å². The molecule has 0 radical (unpaired) electrons. The van der Waals surface area contributed by atoms with Crippen LogP contribution in [0.15, 0.2) is 11.5 Å². The van der Waals surface area contributed by atoms with Crippen LogP contribution in [0.1, 0.15) is 19.3 Å². The lowest BCUT2D eigenvalue weighted by Gasteiger charge is -2.12. The molecule has 1 aromatic rings. The van der Waals surface area contributed by atoms with Crippen molar-refractivity contribution in [1.82, 2.24) is 14.8 Å². The standard InChI is InChI=1S/C8H13N3OS/c1-11-5-9-10-8(11)13-7-4-2-3-6(7)12/h5-7,12H,2-4H2,1H3/t6-,7-/m1/s1. The zero-order valence-electron chi connectivity index (χ0n) is 7.55. The topological polar surface area (TPSA) is 50.9 Å². The average molecular weight is 199 g/mol. The van der Waals surface area contributed by atoms with Crippen molar-refractivity contribution in [3.8, 4) is 0 Å². The van der Waals surface area contributed by atoms with Gasteiger partial charge in [0.2, 0.25) is 0 Å². The third kappa shape index (κ3) is 1.86. The summed E-state index contributed by atoms with van der Waals surface area (Å²) in [6.45, 7) is 0. The van der Waals surface area contributed by atoms with Crippen LogP contribution in [0.25, 0.3) is 0 Å². The van der Waals surface area contributed by atoms with Crippen molar-refractivity contribution in [3.63, 3.8) is 0 Å². The highest BCUT2D eigenvalue weighted by atomic mass is 32.2. The molecule has 5 heteroatoms. The van der Waals surface area contributed by atoms with Crippen molar-refractivity contribution in [2.24, 2.45) is 7.05 Å². The molecule has 1 heterocycles. The van der Waals surface area contributed by atoms with E-state index < -0.39 is 0 Å². The summed E-state index contributed by atoms with van der Waals surface area (Å²) in [6.07, 6.45) is 4.65. The van der Waals surface area contributed by atoms with Crippen molar-refractivity contribution in [2.45, 2.75) is 35.8 Å². The third-order valence-electron chi connectivity index (χ3n) is 2.34. The number of hydrogen-bond donors (Lipinski definition) is 1. The first kappa shape index (κ1) is 9.02. The minimum atomic E-state index is -0.165. The summed E-state index contributed by atoms with van der Waals surface area (Å²) in [6, 6.07) is 0. The molecule has 1 N–H and O–H groups in total. The average Bonchev–Trinajstić information content (AvgIpc) is 2.65. The van der Waals surface area contributed by atoms with Gasteiger partial charge >= 0.3 is 0 Å². The first-order valence-electron chi connectivity index (χ1n) is 4.46. The fourth-order valence-electron chi connectivity index (χ4n) is 1.56. The number of thioether (sulfide) groups is 1. The summed E-state index contributed by atoms with van der Waals surface area (Å²) < 4.78 is 1.88. The molecule has 1 aliphatic rings. The maximum atomic E-state index is 9.60. The maximum absolute atomic E-state index is 9.60. The number of aliphatic hydroxyl groups excluding tert-OH is 1. The Bertz CT molecular complexity index is 289. The van der Waals surface area contributed by atoms with Crippen molar-refractivity contribution in [3.05, 3.63) is 6.33 Å². The Morgan fingerprint density at radius 1 is 1.62 bits per heavy atom. The van der Waals surface area contributed by atoms with E-state index in [4.69, 9.17) is 0 Å². The van der Waals surface area contributed by atoms with Gasteiger partial charge in [-0.3, -0.25) is 0 Å². The van der Waals surface area contributed by atoms with Crippen molar-refractivity contribution in [1.29, 1.82) is 0 Å². The van der Waals surface area contributed by atoms with Crippen LogP contribution in [0.5, 0.6) is 0 Å². The molecule has 0 spiro atoms. The van der Waals surface area contributed by atoms with E-state index in [0.29, 0.717) is 5.25 Å². The molecule has 0 bridgehead atoms. The number of aliphatic hydroxyl groups is 1. The zero-order valence-corrected chi connectivity index (χ0v) is 8.37. The quantitative estimate of drug-likeness (QED) is 0.766. The van der Waals surface area contributed by atoms with Crippen molar-refractivity contribution >= 4 is 11.8 Å². The van der Waals surface area contributed by atoms with Crippen molar-refractivity contribution < 1.29 is 5.11 Å². The van der Waals surface area contributed by atoms with E-state index in [-0.39, 0.29) is 6.10 Å². The highest BCUT2D eigenvalue weighted by Crippen LogP contribution is 2.33. The van der Waals surface area contributed by atoms with Gasteiger partial charge < -0.3 is 9.67 Å². The van der Waals surface area contributed by atoms with Gasteiger partial charge in [0.15, 0.2) is 5.16 Å². The molecular weight excluding hydrogens is 186 g/mol. The lowest BCUT2D eigenvalue weighted by atomic mass is 10.3. The second kappa shape index (κ2) is 3.67. The summed E-state index contributed by atoms with van der Waals surface area (Å²) >= 11 is 1.63. The molecule has 0 saturated heterocycles. The van der Waals surface area contributed by atoms with Gasteiger partial charge in [0, 0.05) is 12.3 Å². The van der Waals surface area contributed by atoms with E-state index in [1.54, 1.807) is 18.1 Å². The van der Waals surface area contributed by atoms with E-state index in [1.165, 1.54) is 0 Å². The van der Waals surface area contributed by atoms with Crippen LogP contribution < -0.4 is 0 Å². The van der Waals surface area contributed by atoms with Crippen molar-refractivity contribution in [2.75, 3.05) is 0 Å². The minimum Gasteiger partial charge on any atom is -0.392 e. The monoisotopic (exact) mass is 199 g/mol. The molecule has 0 aliphatic heterocycles. The van der Waals surface area contributed by atoms with Crippen LogP contribution in [0.3, 0.4) is 0 Å². The van der Waals surface area contributed by atoms with Crippen LogP contribution in [0.2, 0.25) is 0 Å². The zero-order chi connectivity index (χ0) is 9.26. The van der Waals surface area contributed by atoms with Crippen LogP contribution in [-0.2, 0) is 7.05 Å². The Labute approximate surface area is 81.4 Å². The molecule has 1 saturated carbocycles. The van der Waals surface area contributed by atoms with Gasteiger partial charge in [0.05, 0.1) is 6.10 Å². The molecule has 0 amide bonds. The summed E-state index contributed by atoms with van der Waals surface area (Å²) in [5, 5.41) is 18.6. The van der Waals surface area contributed by atoms with Gasteiger partial charge in [0.25, 0.3) is 0 Å². The maximum Gasteiger partial charge on any atom is 0.191 e. The van der Waals surface area contributed by atoms with E-state index in [1.807, 2.05) is 11.6 Å². The number of nitrogens with zero attached hydrogens (tertiary/aromatic N) is 3. The Kier molecular flexibility index (Phi) is 2.55. The second-order valence-electron chi connectivity index (χ2n) is 3.38. The number of rotatable bonds is 2. The molecule has 72 valence electrons. The Balaban J connectivity index is 2.01. The molecule has 2 atom stereocenters. The molecule has 0 aromatic carbocycles. The lowest BCUT2D eigenvalue weighted by Crippen LogP contribution is -2.15. The summed E-state index contributed by atoms with van der Waals surface area (Å²) in [5.74, 6) is 0. The predicted octanol–water partition coefficient (Wildman–Crippen LogP) is 0.821. The minimum absolute atomic E-state index is 0.165. The van der Waals surface area contributed by atoms with E-state index in [9.17, 15) is 5.11 Å². The fraction of sp³-hybridized carbons (Fsp3) is 0.750. The number of aromatic nitrogens is 3. The van der Waals surface area contributed by atoms with Gasteiger partial charge in [-0.15, -0.1) is 10.2 Å². The second-order valence-corrected chi connectivity index (χ2v) is 4.59. The molecule has 1 aliphatic carbocycles. The summed E-state index contributed by atoms with van der Waals surface area (Å²) in [5.41, 5.74) is 0. The van der Waals surface area contributed by atoms with E-state index in [2.05, 4.69) is 10.2 Å². The molecule has 1 fully saturated rings. The lowest BCUT2D eigenvalue weighted by molar-refractivity contribution is 0.188. The SMILES string of the molecule is Cn1cnnc1S[C@@H]1CCC[C@H]1O. The first-order chi connectivity index (χ1) is 6.27. The predicted molar refractivity (Wildman–Crippen MR) is 50.5 cm³/mol. The molecule has 0 unspecified atom stereocenters. The smallest absolute Gasteiger partial charge is 0.191 e. The molecule has 1 aromatic heterocycles. The highest BCUT2D eigenvalue weighted by molar-refractivity contribution is 7.99. The third-order valence-corrected chi connectivity index (χ3v) is 3.78. The Morgan fingerprint density at radius 3 is 3.00 bits per heavy atom. The number of aryl methyl sites for hydroxylation is 1. The van der Waals surface area contributed by atoms with Gasteiger partial charge in [-0.25, -0.2) is 0 Å². The largest absolute Gasteiger partial charge is 0.392 e. The Morgan fingerprint density at radius 2 is 2.46 bits per heavy atom. The van der Waals surface area contributed by atoms with Crippen LogP contribution >= 0.6 is 11.8 Å². The summed E-state index contributed by atoms with van der Waals surface area (Å²) in [4.78, 5) is 0. The molecule has 2 rings (SSSR count). The van der Waals surface area contributed by atoms with Gasteiger partial charge in [-0.1, -0.05) is 11.8 Å². The van der Waals surface area contributed by atoms with Gasteiger partial charge in [-0.05, 0) is 19.3 Å². The van der Waals surface area contributed by atoms with Crippen LogP contribution in [-0.4, -0.2) is 31.2 Å². The highest BCUT2D eigenvalue weighted by Gasteiger charge is 2.27. The van der Waals surface area contributed by atoms with Crippen LogP contribution in [0.4, 0.5) is 0 Å². The van der Waals surface area contributed by atoms with E-state index >= 15 is 0 Å². The molecule has 13 heavy (non-hydrogen) atoms. The fourth-order valence-corrected chi connectivity index (χ4v) is 2.71. The molecular formula is C8H13N3OS.